The van der Waals surface area contributed by atoms with Gasteiger partial charge in [-0.1, -0.05) is 41.6 Å². The zero-order valence-electron chi connectivity index (χ0n) is 17.6. The summed E-state index contributed by atoms with van der Waals surface area (Å²) in [7, 11) is 0. The van der Waals surface area contributed by atoms with Gasteiger partial charge in [0.05, 0.1) is 29.7 Å². The maximum atomic E-state index is 13.1. The molecule has 168 valence electrons. The summed E-state index contributed by atoms with van der Waals surface area (Å²) >= 11 is 7.08. The highest BCUT2D eigenvalue weighted by Crippen LogP contribution is 2.19. The Morgan fingerprint density at radius 1 is 1.09 bits per heavy atom. The Balaban J connectivity index is 1.40. The molecule has 2 aromatic carbocycles. The fourth-order valence-electron chi connectivity index (χ4n) is 3.14. The minimum atomic E-state index is -0.171. The van der Waals surface area contributed by atoms with Crippen LogP contribution in [-0.2, 0) is 11.3 Å². The van der Waals surface area contributed by atoms with Crippen LogP contribution in [0.3, 0.4) is 0 Å². The quantitative estimate of drug-likeness (QED) is 0.223. The summed E-state index contributed by atoms with van der Waals surface area (Å²) < 4.78 is 7.16. The number of benzene rings is 2. The smallest absolute Gasteiger partial charge is 0.262 e. The van der Waals surface area contributed by atoms with Gasteiger partial charge in [0, 0.05) is 17.4 Å². The van der Waals surface area contributed by atoms with Gasteiger partial charge in [-0.05, 0) is 48.0 Å². The zero-order valence-corrected chi connectivity index (χ0v) is 19.2. The van der Waals surface area contributed by atoms with E-state index in [2.05, 4.69) is 15.3 Å². The second-order valence-electron chi connectivity index (χ2n) is 7.11. The van der Waals surface area contributed by atoms with Gasteiger partial charge < -0.3 is 10.1 Å². The number of nitrogens with zero attached hydrogens (tertiary/aromatic N) is 3. The SMILES string of the molecule is O=C(CSc1nc2ccccc2c(=O)n1Cc1cccnc1)NCCOc1ccc(Cl)cc1. The van der Waals surface area contributed by atoms with E-state index in [1.165, 1.54) is 11.8 Å². The van der Waals surface area contributed by atoms with E-state index < -0.39 is 0 Å². The van der Waals surface area contributed by atoms with E-state index in [-0.39, 0.29) is 17.2 Å². The molecule has 0 saturated carbocycles. The molecule has 0 fully saturated rings. The molecule has 1 amide bonds. The molecule has 0 aliphatic heterocycles. The Morgan fingerprint density at radius 2 is 1.91 bits per heavy atom. The number of halogens is 1. The van der Waals surface area contributed by atoms with Crippen LogP contribution in [-0.4, -0.2) is 39.3 Å². The van der Waals surface area contributed by atoms with E-state index in [0.29, 0.717) is 46.5 Å². The van der Waals surface area contributed by atoms with Gasteiger partial charge in [0.25, 0.3) is 5.56 Å². The van der Waals surface area contributed by atoms with Gasteiger partial charge >= 0.3 is 0 Å². The molecule has 0 atom stereocenters. The molecular formula is C24H21ClN4O3S. The number of carbonyl (C=O) groups excluding carboxylic acids is 1. The molecule has 2 aromatic heterocycles. The van der Waals surface area contributed by atoms with Crippen LogP contribution in [0.25, 0.3) is 10.9 Å². The lowest BCUT2D eigenvalue weighted by molar-refractivity contribution is -0.118. The van der Waals surface area contributed by atoms with Crippen molar-refractivity contribution < 1.29 is 9.53 Å². The van der Waals surface area contributed by atoms with Crippen molar-refractivity contribution in [1.82, 2.24) is 19.9 Å². The maximum Gasteiger partial charge on any atom is 0.262 e. The van der Waals surface area contributed by atoms with Crippen LogP contribution in [0.5, 0.6) is 5.75 Å². The fourth-order valence-corrected chi connectivity index (χ4v) is 4.10. The summed E-state index contributed by atoms with van der Waals surface area (Å²) in [6.07, 6.45) is 3.39. The molecular weight excluding hydrogens is 460 g/mol. The molecule has 0 radical (unpaired) electrons. The molecule has 9 heteroatoms. The molecule has 4 aromatic rings. The first kappa shape index (κ1) is 22.8. The lowest BCUT2D eigenvalue weighted by atomic mass is 10.2. The highest BCUT2D eigenvalue weighted by molar-refractivity contribution is 7.99. The highest BCUT2D eigenvalue weighted by Gasteiger charge is 2.14. The number of ether oxygens (including phenoxy) is 1. The molecule has 7 nitrogen and oxygen atoms in total. The third-order valence-corrected chi connectivity index (χ3v) is 5.96. The maximum absolute atomic E-state index is 13.1. The number of rotatable bonds is 9. The second-order valence-corrected chi connectivity index (χ2v) is 8.48. The summed E-state index contributed by atoms with van der Waals surface area (Å²) in [6.45, 7) is 1.01. The largest absolute Gasteiger partial charge is 0.492 e. The van der Waals surface area contributed by atoms with Gasteiger partial charge in [0.1, 0.15) is 12.4 Å². The monoisotopic (exact) mass is 480 g/mol. The van der Waals surface area contributed by atoms with Crippen LogP contribution in [0.1, 0.15) is 5.56 Å². The van der Waals surface area contributed by atoms with Crippen molar-refractivity contribution in [3.8, 4) is 5.75 Å². The highest BCUT2D eigenvalue weighted by atomic mass is 35.5. The summed E-state index contributed by atoms with van der Waals surface area (Å²) in [4.78, 5) is 34.2. The van der Waals surface area contributed by atoms with E-state index in [1.54, 1.807) is 53.4 Å². The normalized spacial score (nSPS) is 10.8. The van der Waals surface area contributed by atoms with Gasteiger partial charge in [0.2, 0.25) is 5.91 Å². The number of fused-ring (bicyclic) bond motifs is 1. The molecule has 0 bridgehead atoms. The van der Waals surface area contributed by atoms with Gasteiger partial charge in [-0.2, -0.15) is 0 Å². The second kappa shape index (κ2) is 11.0. The van der Waals surface area contributed by atoms with Gasteiger partial charge in [0.15, 0.2) is 5.16 Å². The predicted octanol–water partition coefficient (Wildman–Crippen LogP) is 3.78. The number of hydrogen-bond donors (Lipinski definition) is 1. The van der Waals surface area contributed by atoms with E-state index in [9.17, 15) is 9.59 Å². The number of aromatic nitrogens is 3. The van der Waals surface area contributed by atoms with Crippen molar-refractivity contribution in [3.05, 3.63) is 94.0 Å². The minimum absolute atomic E-state index is 0.124. The molecule has 2 heterocycles. The standard InChI is InChI=1S/C24H21ClN4O3S/c25-18-7-9-19(10-8-18)32-13-12-27-22(30)16-33-24-28-21-6-2-1-5-20(21)23(31)29(24)15-17-4-3-11-26-14-17/h1-11,14H,12-13,15-16H2,(H,27,30). The Morgan fingerprint density at radius 3 is 2.70 bits per heavy atom. The number of amides is 1. The summed E-state index contributed by atoms with van der Waals surface area (Å²) in [6, 6.07) is 17.9. The third kappa shape index (κ3) is 6.12. The van der Waals surface area contributed by atoms with Crippen molar-refractivity contribution in [2.75, 3.05) is 18.9 Å². The van der Waals surface area contributed by atoms with Crippen LogP contribution in [0.2, 0.25) is 5.02 Å². The first-order chi connectivity index (χ1) is 16.1. The molecule has 4 rings (SSSR count). The van der Waals surface area contributed by atoms with Crippen molar-refractivity contribution >= 4 is 40.2 Å². The van der Waals surface area contributed by atoms with E-state index in [0.717, 1.165) is 5.56 Å². The molecule has 0 spiro atoms. The lowest BCUT2D eigenvalue weighted by Crippen LogP contribution is -2.30. The molecule has 0 saturated heterocycles. The van der Waals surface area contributed by atoms with Gasteiger partial charge in [-0.25, -0.2) is 4.98 Å². The molecule has 0 unspecified atom stereocenters. The van der Waals surface area contributed by atoms with Crippen molar-refractivity contribution in [1.29, 1.82) is 0 Å². The van der Waals surface area contributed by atoms with Crippen molar-refractivity contribution in [2.45, 2.75) is 11.7 Å². The summed E-state index contributed by atoms with van der Waals surface area (Å²) in [5.41, 5.74) is 1.33. The van der Waals surface area contributed by atoms with Crippen LogP contribution in [0.15, 0.2) is 83.0 Å². The number of hydrogen-bond acceptors (Lipinski definition) is 6. The van der Waals surface area contributed by atoms with Gasteiger partial charge in [-0.15, -0.1) is 0 Å². The van der Waals surface area contributed by atoms with Crippen LogP contribution in [0, 0.1) is 0 Å². The topological polar surface area (TPSA) is 86.1 Å². The van der Waals surface area contributed by atoms with E-state index in [4.69, 9.17) is 16.3 Å². The first-order valence-corrected chi connectivity index (χ1v) is 11.6. The van der Waals surface area contributed by atoms with Crippen LogP contribution in [0.4, 0.5) is 0 Å². The molecule has 0 aliphatic carbocycles. The Hall–Kier alpha value is -3.36. The average molecular weight is 481 g/mol. The lowest BCUT2D eigenvalue weighted by Gasteiger charge is -2.13. The molecule has 0 aliphatic rings. The number of carbonyl (C=O) groups is 1. The predicted molar refractivity (Wildman–Crippen MR) is 130 cm³/mol. The number of nitrogens with one attached hydrogen (secondary N) is 1. The van der Waals surface area contributed by atoms with Crippen molar-refractivity contribution in [3.63, 3.8) is 0 Å². The Kier molecular flexibility index (Phi) is 7.59. The first-order valence-electron chi connectivity index (χ1n) is 10.3. The van der Waals surface area contributed by atoms with Crippen molar-refractivity contribution in [2.24, 2.45) is 0 Å². The number of pyridine rings is 1. The fraction of sp³-hybridized carbons (Fsp3) is 0.167. The number of thioether (sulfide) groups is 1. The minimum Gasteiger partial charge on any atom is -0.492 e. The van der Waals surface area contributed by atoms with E-state index >= 15 is 0 Å². The third-order valence-electron chi connectivity index (χ3n) is 4.73. The van der Waals surface area contributed by atoms with Gasteiger partial charge in [-0.3, -0.25) is 19.1 Å². The number of para-hydroxylation sites is 1. The van der Waals surface area contributed by atoms with Crippen LogP contribution < -0.4 is 15.6 Å². The Bertz CT molecular complexity index is 1300. The zero-order chi connectivity index (χ0) is 23.0. The van der Waals surface area contributed by atoms with Crippen LogP contribution >= 0.6 is 23.4 Å². The average Bonchev–Trinajstić information content (AvgIpc) is 2.84. The molecule has 1 N–H and O–H groups in total. The Labute approximate surface area is 199 Å². The molecule has 33 heavy (non-hydrogen) atoms. The summed E-state index contributed by atoms with van der Waals surface area (Å²) in [5, 5.41) is 4.47. The van der Waals surface area contributed by atoms with E-state index in [1.807, 2.05) is 24.3 Å². The summed E-state index contributed by atoms with van der Waals surface area (Å²) in [5.74, 6) is 0.636.